The van der Waals surface area contributed by atoms with Crippen molar-refractivity contribution in [2.75, 3.05) is 6.54 Å². The maximum absolute atomic E-state index is 13.0. The van der Waals surface area contributed by atoms with E-state index < -0.39 is 6.04 Å². The van der Waals surface area contributed by atoms with Crippen LogP contribution in [0.25, 0.3) is 0 Å². The largest absolute Gasteiger partial charge is 0.374 e. The predicted molar refractivity (Wildman–Crippen MR) is 96.8 cm³/mol. The number of thiocarbonyl (C=S) groups is 1. The topological polar surface area (TPSA) is 33.0 Å². The van der Waals surface area contributed by atoms with Crippen molar-refractivity contribution in [1.29, 1.82) is 0 Å². The van der Waals surface area contributed by atoms with Crippen molar-refractivity contribution in [1.82, 2.24) is 5.32 Å². The molecular formula is C19H23N2OS+. The highest BCUT2D eigenvalue weighted by Gasteiger charge is 2.32. The van der Waals surface area contributed by atoms with Gasteiger partial charge >= 0.3 is 0 Å². The molecule has 0 amide bonds. The number of rotatable bonds is 6. The third-order valence-electron chi connectivity index (χ3n) is 3.76. The van der Waals surface area contributed by atoms with E-state index in [0.29, 0.717) is 17.1 Å². The number of carbonyl (C=O) groups is 1. The normalized spacial score (nSPS) is 11.8. The fourth-order valence-corrected chi connectivity index (χ4v) is 2.87. The molecule has 1 N–H and O–H groups in total. The third kappa shape index (κ3) is 4.23. The second kappa shape index (κ2) is 7.97. The number of aromatic nitrogens is 1. The highest BCUT2D eigenvalue weighted by atomic mass is 32.1. The standard InChI is InChI=1S/C19H22N2OS/c1-4-15-8-10-16(11-9-15)18(22)17(19(23)20-5-2)21-12-6-7-14(3)13-21/h6-13,17H,4-5H2,1-3H3/p+1/t17-/m1/s1. The monoisotopic (exact) mass is 327 g/mol. The number of benzene rings is 1. The van der Waals surface area contributed by atoms with E-state index >= 15 is 0 Å². The molecule has 1 aromatic carbocycles. The number of Topliss-reactive ketones (excluding diaryl/α,β-unsaturated/α-hetero) is 1. The van der Waals surface area contributed by atoms with Crippen LogP contribution in [0.5, 0.6) is 0 Å². The molecule has 0 aliphatic heterocycles. The van der Waals surface area contributed by atoms with Crippen LogP contribution in [0.15, 0.2) is 48.8 Å². The van der Waals surface area contributed by atoms with Crippen LogP contribution in [0, 0.1) is 6.92 Å². The fourth-order valence-electron chi connectivity index (χ4n) is 2.50. The number of pyridine rings is 1. The highest BCUT2D eigenvalue weighted by molar-refractivity contribution is 7.80. The predicted octanol–water partition coefficient (Wildman–Crippen LogP) is 3.21. The highest BCUT2D eigenvalue weighted by Crippen LogP contribution is 2.13. The molecule has 1 heterocycles. The number of hydrogen-bond acceptors (Lipinski definition) is 2. The molecule has 0 unspecified atom stereocenters. The van der Waals surface area contributed by atoms with Gasteiger partial charge in [0.05, 0.1) is 0 Å². The summed E-state index contributed by atoms with van der Waals surface area (Å²) in [5.41, 5.74) is 2.99. The van der Waals surface area contributed by atoms with Gasteiger partial charge in [-0.3, -0.25) is 4.79 Å². The van der Waals surface area contributed by atoms with Gasteiger partial charge in [0, 0.05) is 23.7 Å². The number of likely N-dealkylation sites (N-methyl/N-ethyl adjacent to an activating group) is 1. The molecule has 4 heteroatoms. The number of aryl methyl sites for hydroxylation is 2. The summed E-state index contributed by atoms with van der Waals surface area (Å²) in [4.78, 5) is 13.6. The fraction of sp³-hybridized carbons (Fsp3) is 0.316. The van der Waals surface area contributed by atoms with Crippen LogP contribution >= 0.6 is 12.2 Å². The van der Waals surface area contributed by atoms with E-state index in [9.17, 15) is 4.79 Å². The average molecular weight is 327 g/mol. The molecule has 120 valence electrons. The SMILES string of the molecule is CCNC(=S)[C@@H](C(=O)c1ccc(CC)cc1)[n+]1cccc(C)c1. The van der Waals surface area contributed by atoms with Crippen molar-refractivity contribution in [3.8, 4) is 0 Å². The number of carbonyl (C=O) groups excluding carboxylic acids is 1. The van der Waals surface area contributed by atoms with Gasteiger partial charge in [0.1, 0.15) is 0 Å². The summed E-state index contributed by atoms with van der Waals surface area (Å²) in [7, 11) is 0. The smallest absolute Gasteiger partial charge is 0.270 e. The molecule has 1 aromatic heterocycles. The Labute approximate surface area is 143 Å². The number of nitrogens with one attached hydrogen (secondary N) is 1. The lowest BCUT2D eigenvalue weighted by atomic mass is 10.0. The molecule has 3 nitrogen and oxygen atoms in total. The van der Waals surface area contributed by atoms with E-state index in [0.717, 1.165) is 12.0 Å². The van der Waals surface area contributed by atoms with Crippen molar-refractivity contribution < 1.29 is 9.36 Å². The molecule has 2 rings (SSSR count). The summed E-state index contributed by atoms with van der Waals surface area (Å²) in [5.74, 6) is 0.00852. The van der Waals surface area contributed by atoms with Crippen molar-refractivity contribution in [3.63, 3.8) is 0 Å². The molecular weight excluding hydrogens is 304 g/mol. The Balaban J connectivity index is 2.39. The van der Waals surface area contributed by atoms with Gasteiger partial charge < -0.3 is 5.32 Å². The zero-order valence-corrected chi connectivity index (χ0v) is 14.7. The van der Waals surface area contributed by atoms with Gasteiger partial charge in [-0.05, 0) is 31.9 Å². The first-order chi connectivity index (χ1) is 11.1. The summed E-state index contributed by atoms with van der Waals surface area (Å²) < 4.78 is 1.89. The van der Waals surface area contributed by atoms with Crippen molar-refractivity contribution in [2.24, 2.45) is 0 Å². The first kappa shape index (κ1) is 17.3. The molecule has 0 radical (unpaired) electrons. The first-order valence-corrected chi connectivity index (χ1v) is 8.36. The van der Waals surface area contributed by atoms with Crippen LogP contribution in [0.4, 0.5) is 0 Å². The minimum absolute atomic E-state index is 0.00852. The Kier molecular flexibility index (Phi) is 5.99. The lowest BCUT2D eigenvalue weighted by Gasteiger charge is -2.14. The van der Waals surface area contributed by atoms with E-state index in [1.165, 1.54) is 5.56 Å². The Morgan fingerprint density at radius 3 is 2.48 bits per heavy atom. The van der Waals surface area contributed by atoms with Gasteiger partial charge in [0.15, 0.2) is 17.4 Å². The van der Waals surface area contributed by atoms with Crippen molar-refractivity contribution >= 4 is 23.0 Å². The van der Waals surface area contributed by atoms with Crippen LogP contribution < -0.4 is 9.88 Å². The lowest BCUT2D eigenvalue weighted by Crippen LogP contribution is -2.51. The maximum atomic E-state index is 13.0. The van der Waals surface area contributed by atoms with Gasteiger partial charge in [-0.15, -0.1) is 0 Å². The van der Waals surface area contributed by atoms with Crippen LogP contribution in [-0.4, -0.2) is 17.3 Å². The zero-order valence-electron chi connectivity index (χ0n) is 13.9. The van der Waals surface area contributed by atoms with E-state index in [1.807, 2.05) is 67.2 Å². The van der Waals surface area contributed by atoms with Crippen molar-refractivity contribution in [2.45, 2.75) is 33.2 Å². The van der Waals surface area contributed by atoms with Crippen LogP contribution in [0.1, 0.15) is 41.4 Å². The summed E-state index contributed by atoms with van der Waals surface area (Å²) in [6, 6.07) is 11.2. The van der Waals surface area contributed by atoms with Crippen LogP contribution in [0.3, 0.4) is 0 Å². The molecule has 23 heavy (non-hydrogen) atoms. The Morgan fingerprint density at radius 2 is 1.91 bits per heavy atom. The van der Waals surface area contributed by atoms with Gasteiger partial charge in [-0.25, -0.2) is 0 Å². The molecule has 0 saturated carbocycles. The Hall–Kier alpha value is -2.07. The maximum Gasteiger partial charge on any atom is 0.270 e. The van der Waals surface area contributed by atoms with Crippen LogP contribution in [-0.2, 0) is 6.42 Å². The van der Waals surface area contributed by atoms with Crippen LogP contribution in [0.2, 0.25) is 0 Å². The van der Waals surface area contributed by atoms with Crippen molar-refractivity contribution in [3.05, 3.63) is 65.5 Å². The summed E-state index contributed by atoms with van der Waals surface area (Å²) in [6.45, 7) is 6.78. The summed E-state index contributed by atoms with van der Waals surface area (Å²) in [6.07, 6.45) is 4.80. The minimum Gasteiger partial charge on any atom is -0.374 e. The van der Waals surface area contributed by atoms with Gasteiger partial charge in [0.2, 0.25) is 5.78 Å². The summed E-state index contributed by atoms with van der Waals surface area (Å²) in [5, 5.41) is 3.13. The molecule has 0 spiro atoms. The third-order valence-corrected chi connectivity index (χ3v) is 4.13. The number of ketones is 1. The molecule has 0 aliphatic rings. The number of nitrogens with zero attached hydrogens (tertiary/aromatic N) is 1. The van der Waals surface area contributed by atoms with E-state index in [1.54, 1.807) is 0 Å². The summed E-state index contributed by atoms with van der Waals surface area (Å²) >= 11 is 5.47. The van der Waals surface area contributed by atoms with Gasteiger partial charge in [-0.2, -0.15) is 4.57 Å². The van der Waals surface area contributed by atoms with Gasteiger partial charge in [0.25, 0.3) is 6.04 Å². The molecule has 0 saturated heterocycles. The van der Waals surface area contributed by atoms with E-state index in [2.05, 4.69) is 12.2 Å². The molecule has 1 atom stereocenters. The zero-order chi connectivity index (χ0) is 16.8. The minimum atomic E-state index is -0.516. The second-order valence-corrected chi connectivity index (χ2v) is 5.98. The second-order valence-electron chi connectivity index (χ2n) is 5.54. The Bertz CT molecular complexity index is 695. The first-order valence-electron chi connectivity index (χ1n) is 7.95. The molecule has 2 aromatic rings. The van der Waals surface area contributed by atoms with E-state index in [4.69, 9.17) is 12.2 Å². The molecule has 0 fully saturated rings. The Morgan fingerprint density at radius 1 is 1.22 bits per heavy atom. The molecule has 0 aliphatic carbocycles. The van der Waals surface area contributed by atoms with Gasteiger partial charge in [-0.1, -0.05) is 43.4 Å². The molecule has 0 bridgehead atoms. The average Bonchev–Trinajstić information content (AvgIpc) is 2.55. The number of hydrogen-bond donors (Lipinski definition) is 1. The quantitative estimate of drug-likeness (QED) is 0.502. The van der Waals surface area contributed by atoms with E-state index in [-0.39, 0.29) is 5.78 Å². The lowest BCUT2D eigenvalue weighted by molar-refractivity contribution is -0.692.